The molecule has 1 aromatic carbocycles. The Balaban J connectivity index is 1.27. The standard InChI is InChI=1S/C24H21N9O/c1-15-10-17(2-3-20(15)34-18-6-9-33-21(11-18)28-14-30-33)31-24-22-19(27-13-29-24)12-26-23(32-22)16-4-7-25-8-5-16/h2-4,6,9-14,25H,5,7-8H2,1H3,(H,27,29,31). The van der Waals surface area contributed by atoms with E-state index in [1.165, 1.54) is 12.7 Å². The molecular formula is C24H21N9O. The molecule has 0 bridgehead atoms. The van der Waals surface area contributed by atoms with Crippen LogP contribution in [-0.2, 0) is 0 Å². The van der Waals surface area contributed by atoms with E-state index < -0.39 is 0 Å². The average molecular weight is 451 g/mol. The smallest absolute Gasteiger partial charge is 0.160 e. The zero-order valence-corrected chi connectivity index (χ0v) is 18.4. The number of nitrogens with one attached hydrogen (secondary N) is 2. The van der Waals surface area contributed by atoms with Crippen molar-refractivity contribution in [2.24, 2.45) is 0 Å². The molecule has 0 aliphatic carbocycles. The maximum absolute atomic E-state index is 6.08. The lowest BCUT2D eigenvalue weighted by Gasteiger charge is -2.14. The molecule has 0 fully saturated rings. The Kier molecular flexibility index (Phi) is 5.04. The van der Waals surface area contributed by atoms with Crippen LogP contribution in [0.3, 0.4) is 0 Å². The Bertz CT molecular complexity index is 1540. The van der Waals surface area contributed by atoms with Gasteiger partial charge in [-0.05, 0) is 55.3 Å². The van der Waals surface area contributed by atoms with E-state index in [1.807, 2.05) is 43.5 Å². The molecule has 6 rings (SSSR count). The summed E-state index contributed by atoms with van der Waals surface area (Å²) in [6.45, 7) is 3.75. The van der Waals surface area contributed by atoms with Gasteiger partial charge in [0.05, 0.1) is 6.20 Å². The van der Waals surface area contributed by atoms with Crippen LogP contribution >= 0.6 is 0 Å². The minimum atomic E-state index is 0.633. The van der Waals surface area contributed by atoms with Crippen LogP contribution in [0.25, 0.3) is 22.3 Å². The van der Waals surface area contributed by atoms with Crippen LogP contribution in [0.2, 0.25) is 0 Å². The molecule has 0 saturated carbocycles. The van der Waals surface area contributed by atoms with Gasteiger partial charge in [0.1, 0.15) is 35.2 Å². The maximum atomic E-state index is 6.08. The molecule has 0 saturated heterocycles. The monoisotopic (exact) mass is 451 g/mol. The first-order valence-corrected chi connectivity index (χ1v) is 11.0. The maximum Gasteiger partial charge on any atom is 0.160 e. The third kappa shape index (κ3) is 3.90. The van der Waals surface area contributed by atoms with Gasteiger partial charge < -0.3 is 15.4 Å². The van der Waals surface area contributed by atoms with Crippen LogP contribution in [0.1, 0.15) is 17.8 Å². The summed E-state index contributed by atoms with van der Waals surface area (Å²) in [6, 6.07) is 9.59. The Morgan fingerprint density at radius 1 is 1.06 bits per heavy atom. The minimum absolute atomic E-state index is 0.633. The summed E-state index contributed by atoms with van der Waals surface area (Å²) in [5, 5.41) is 10.8. The molecule has 0 spiro atoms. The normalized spacial score (nSPS) is 13.7. The Morgan fingerprint density at radius 3 is 2.91 bits per heavy atom. The van der Waals surface area contributed by atoms with E-state index >= 15 is 0 Å². The second kappa shape index (κ2) is 8.49. The summed E-state index contributed by atoms with van der Waals surface area (Å²) < 4.78 is 7.77. The molecule has 168 valence electrons. The first kappa shape index (κ1) is 20.2. The van der Waals surface area contributed by atoms with Gasteiger partial charge in [0.2, 0.25) is 0 Å². The highest BCUT2D eigenvalue weighted by Gasteiger charge is 2.13. The van der Waals surface area contributed by atoms with Crippen molar-refractivity contribution in [2.75, 3.05) is 18.4 Å². The molecule has 10 nitrogen and oxygen atoms in total. The molecule has 34 heavy (non-hydrogen) atoms. The van der Waals surface area contributed by atoms with Crippen molar-refractivity contribution >= 4 is 33.8 Å². The summed E-state index contributed by atoms with van der Waals surface area (Å²) in [6.07, 6.45) is 9.62. The molecule has 0 radical (unpaired) electrons. The highest BCUT2D eigenvalue weighted by molar-refractivity contribution is 5.87. The fourth-order valence-electron chi connectivity index (χ4n) is 3.89. The molecule has 2 N–H and O–H groups in total. The minimum Gasteiger partial charge on any atom is -0.457 e. The number of nitrogens with zero attached hydrogens (tertiary/aromatic N) is 7. The van der Waals surface area contributed by atoms with Crippen molar-refractivity contribution in [2.45, 2.75) is 13.3 Å². The van der Waals surface area contributed by atoms with Crippen LogP contribution in [-0.4, -0.2) is 47.6 Å². The fourth-order valence-corrected chi connectivity index (χ4v) is 3.89. The number of ether oxygens (including phenoxy) is 1. The highest BCUT2D eigenvalue weighted by atomic mass is 16.5. The summed E-state index contributed by atoms with van der Waals surface area (Å²) in [4.78, 5) is 22.3. The number of aryl methyl sites for hydroxylation is 1. The number of fused-ring (bicyclic) bond motifs is 2. The van der Waals surface area contributed by atoms with Crippen molar-refractivity contribution in [3.63, 3.8) is 0 Å². The SMILES string of the molecule is Cc1cc(Nc2ncnc3cnc(C4=CCNCC4)nc23)ccc1Oc1ccn2ncnc2c1. The van der Waals surface area contributed by atoms with Gasteiger partial charge in [-0.1, -0.05) is 6.08 Å². The van der Waals surface area contributed by atoms with Gasteiger partial charge >= 0.3 is 0 Å². The Morgan fingerprint density at radius 2 is 2.03 bits per heavy atom. The number of aromatic nitrogens is 7. The zero-order valence-electron chi connectivity index (χ0n) is 18.4. The largest absolute Gasteiger partial charge is 0.457 e. The summed E-state index contributed by atoms with van der Waals surface area (Å²) in [5.74, 6) is 2.80. The van der Waals surface area contributed by atoms with Gasteiger partial charge in [-0.15, -0.1) is 0 Å². The van der Waals surface area contributed by atoms with E-state index in [4.69, 9.17) is 9.72 Å². The number of pyridine rings is 1. The molecule has 1 aliphatic rings. The predicted molar refractivity (Wildman–Crippen MR) is 128 cm³/mol. The fraction of sp³-hybridized carbons (Fsp3) is 0.167. The summed E-state index contributed by atoms with van der Waals surface area (Å²) >= 11 is 0. The third-order valence-electron chi connectivity index (χ3n) is 5.65. The van der Waals surface area contributed by atoms with Gasteiger partial charge in [-0.25, -0.2) is 29.4 Å². The van der Waals surface area contributed by atoms with E-state index in [0.717, 1.165) is 53.6 Å². The Labute approximate surface area is 194 Å². The lowest BCUT2D eigenvalue weighted by molar-refractivity contribution is 0.478. The van der Waals surface area contributed by atoms with Crippen LogP contribution in [0.5, 0.6) is 11.5 Å². The van der Waals surface area contributed by atoms with Crippen molar-refractivity contribution in [1.82, 2.24) is 39.9 Å². The molecular weight excluding hydrogens is 430 g/mol. The van der Waals surface area contributed by atoms with E-state index in [2.05, 4.69) is 41.7 Å². The molecule has 0 amide bonds. The van der Waals surface area contributed by atoms with Crippen LogP contribution < -0.4 is 15.4 Å². The van der Waals surface area contributed by atoms with E-state index in [9.17, 15) is 0 Å². The van der Waals surface area contributed by atoms with Crippen LogP contribution in [0.15, 0.2) is 61.5 Å². The van der Waals surface area contributed by atoms with E-state index in [0.29, 0.717) is 22.6 Å². The number of hydrogen-bond donors (Lipinski definition) is 2. The van der Waals surface area contributed by atoms with Crippen LogP contribution in [0, 0.1) is 6.92 Å². The lowest BCUT2D eigenvalue weighted by Crippen LogP contribution is -2.20. The first-order valence-electron chi connectivity index (χ1n) is 11.0. The summed E-state index contributed by atoms with van der Waals surface area (Å²) in [7, 11) is 0. The second-order valence-corrected chi connectivity index (χ2v) is 7.97. The predicted octanol–water partition coefficient (Wildman–Crippen LogP) is 3.68. The zero-order chi connectivity index (χ0) is 22.9. The topological polar surface area (TPSA) is 115 Å². The van der Waals surface area contributed by atoms with Crippen LogP contribution in [0.4, 0.5) is 11.5 Å². The van der Waals surface area contributed by atoms with Crippen molar-refractivity contribution in [3.8, 4) is 11.5 Å². The van der Waals surface area contributed by atoms with Gasteiger partial charge in [0.25, 0.3) is 0 Å². The molecule has 1 aliphatic heterocycles. The third-order valence-corrected chi connectivity index (χ3v) is 5.65. The molecule has 5 heterocycles. The molecule has 0 unspecified atom stereocenters. The van der Waals surface area contributed by atoms with Gasteiger partial charge in [-0.2, -0.15) is 5.10 Å². The van der Waals surface area contributed by atoms with Crippen molar-refractivity contribution in [3.05, 3.63) is 72.8 Å². The quantitative estimate of drug-likeness (QED) is 0.413. The van der Waals surface area contributed by atoms with Crippen molar-refractivity contribution < 1.29 is 4.74 Å². The molecule has 5 aromatic rings. The number of anilines is 2. The molecule has 4 aromatic heterocycles. The molecule has 10 heteroatoms. The van der Waals surface area contributed by atoms with Gasteiger partial charge in [0, 0.05) is 24.5 Å². The van der Waals surface area contributed by atoms with E-state index in [-0.39, 0.29) is 0 Å². The van der Waals surface area contributed by atoms with Crippen molar-refractivity contribution in [1.29, 1.82) is 0 Å². The number of hydrogen-bond acceptors (Lipinski definition) is 9. The first-order chi connectivity index (χ1) is 16.7. The Hall–Kier alpha value is -4.44. The number of benzene rings is 1. The summed E-state index contributed by atoms with van der Waals surface area (Å²) in [5.41, 5.74) is 5.09. The van der Waals surface area contributed by atoms with Gasteiger partial charge in [-0.3, -0.25) is 0 Å². The number of rotatable bonds is 5. The lowest BCUT2D eigenvalue weighted by atomic mass is 10.1. The second-order valence-electron chi connectivity index (χ2n) is 7.97. The molecule has 0 atom stereocenters. The van der Waals surface area contributed by atoms with Gasteiger partial charge in [0.15, 0.2) is 17.3 Å². The average Bonchev–Trinajstić information content (AvgIpc) is 3.34. The highest BCUT2D eigenvalue weighted by Crippen LogP contribution is 2.30. The van der Waals surface area contributed by atoms with E-state index in [1.54, 1.807) is 10.7 Å².